The van der Waals surface area contributed by atoms with Gasteiger partial charge in [0.15, 0.2) is 0 Å². The molecule has 0 spiro atoms. The Kier molecular flexibility index (Phi) is 5.07. The lowest BCUT2D eigenvalue weighted by Crippen LogP contribution is -2.35. The summed E-state index contributed by atoms with van der Waals surface area (Å²) >= 11 is 3.44. The molecule has 0 unspecified atom stereocenters. The van der Waals surface area contributed by atoms with Crippen LogP contribution in [0, 0.1) is 6.92 Å². The molecule has 2 nitrogen and oxygen atoms in total. The SMILES string of the molecule is Cc1ccc(Oc2ccc(Br)cc2)c(CNC(C)(C)C)c1. The standard InChI is InChI=1S/C18H22BrNO/c1-13-5-10-17(14(11-13)12-20-18(2,3)4)21-16-8-6-15(19)7-9-16/h5-11,20H,12H2,1-4H3. The Morgan fingerprint density at radius 2 is 1.71 bits per heavy atom. The van der Waals surface area contributed by atoms with Crippen LogP contribution in [0.15, 0.2) is 46.9 Å². The number of nitrogens with one attached hydrogen (secondary N) is 1. The van der Waals surface area contributed by atoms with Gasteiger partial charge in [-0.3, -0.25) is 0 Å². The minimum absolute atomic E-state index is 0.0820. The van der Waals surface area contributed by atoms with Crippen LogP contribution in [0.5, 0.6) is 11.5 Å². The van der Waals surface area contributed by atoms with E-state index in [-0.39, 0.29) is 5.54 Å². The van der Waals surface area contributed by atoms with Gasteiger partial charge in [-0.15, -0.1) is 0 Å². The van der Waals surface area contributed by atoms with E-state index in [4.69, 9.17) is 4.74 Å². The smallest absolute Gasteiger partial charge is 0.131 e. The molecule has 2 aromatic rings. The molecule has 0 fully saturated rings. The Bertz CT molecular complexity index is 600. The summed E-state index contributed by atoms with van der Waals surface area (Å²) < 4.78 is 7.07. The van der Waals surface area contributed by atoms with Crippen molar-refractivity contribution in [2.75, 3.05) is 0 Å². The quantitative estimate of drug-likeness (QED) is 0.795. The minimum Gasteiger partial charge on any atom is -0.457 e. The van der Waals surface area contributed by atoms with Crippen molar-refractivity contribution < 1.29 is 4.74 Å². The fraction of sp³-hybridized carbons (Fsp3) is 0.333. The van der Waals surface area contributed by atoms with Crippen LogP contribution in [0.25, 0.3) is 0 Å². The second-order valence-electron chi connectivity index (χ2n) is 6.27. The zero-order chi connectivity index (χ0) is 15.5. The second-order valence-corrected chi connectivity index (χ2v) is 7.19. The van der Waals surface area contributed by atoms with Crippen LogP contribution in [0.1, 0.15) is 31.9 Å². The van der Waals surface area contributed by atoms with Crippen LogP contribution in [0.2, 0.25) is 0 Å². The topological polar surface area (TPSA) is 21.3 Å². The number of benzene rings is 2. The average molecular weight is 348 g/mol. The van der Waals surface area contributed by atoms with Crippen molar-refractivity contribution in [1.82, 2.24) is 5.32 Å². The largest absolute Gasteiger partial charge is 0.457 e. The van der Waals surface area contributed by atoms with Crippen molar-refractivity contribution in [2.24, 2.45) is 0 Å². The lowest BCUT2D eigenvalue weighted by atomic mass is 10.1. The normalized spacial score (nSPS) is 11.5. The van der Waals surface area contributed by atoms with Crippen molar-refractivity contribution in [3.63, 3.8) is 0 Å². The molecular weight excluding hydrogens is 326 g/mol. The predicted octanol–water partition coefficient (Wildman–Crippen LogP) is 5.44. The summed E-state index contributed by atoms with van der Waals surface area (Å²) in [5.41, 5.74) is 2.50. The molecule has 0 bridgehead atoms. The first kappa shape index (κ1) is 16.1. The van der Waals surface area contributed by atoms with Gasteiger partial charge in [0.2, 0.25) is 0 Å². The number of halogens is 1. The van der Waals surface area contributed by atoms with Crippen LogP contribution in [0.3, 0.4) is 0 Å². The minimum atomic E-state index is 0.0820. The Hall–Kier alpha value is -1.32. The van der Waals surface area contributed by atoms with Crippen molar-refractivity contribution >= 4 is 15.9 Å². The van der Waals surface area contributed by atoms with Gasteiger partial charge in [0, 0.05) is 22.1 Å². The van der Waals surface area contributed by atoms with Crippen molar-refractivity contribution in [3.05, 3.63) is 58.1 Å². The van der Waals surface area contributed by atoms with Crippen LogP contribution in [-0.4, -0.2) is 5.54 Å². The first-order valence-corrected chi connectivity index (χ1v) is 7.91. The van der Waals surface area contributed by atoms with Gasteiger partial charge in [-0.25, -0.2) is 0 Å². The van der Waals surface area contributed by atoms with E-state index in [0.29, 0.717) is 0 Å². The first-order chi connectivity index (χ1) is 9.83. The summed E-state index contributed by atoms with van der Waals surface area (Å²) in [5, 5.41) is 3.51. The molecule has 0 saturated carbocycles. The molecule has 0 aliphatic rings. The highest BCUT2D eigenvalue weighted by Crippen LogP contribution is 2.27. The van der Waals surface area contributed by atoms with E-state index < -0.39 is 0 Å². The molecule has 3 heteroatoms. The molecule has 0 saturated heterocycles. The lowest BCUT2D eigenvalue weighted by Gasteiger charge is -2.22. The van der Waals surface area contributed by atoms with Gasteiger partial charge in [-0.1, -0.05) is 33.6 Å². The van der Waals surface area contributed by atoms with E-state index in [0.717, 1.165) is 22.5 Å². The molecule has 0 heterocycles. The zero-order valence-corrected chi connectivity index (χ0v) is 14.6. The third-order valence-corrected chi connectivity index (χ3v) is 3.60. The summed E-state index contributed by atoms with van der Waals surface area (Å²) in [4.78, 5) is 0. The fourth-order valence-electron chi connectivity index (χ4n) is 1.94. The molecule has 0 aromatic heterocycles. The zero-order valence-electron chi connectivity index (χ0n) is 13.0. The molecular formula is C18H22BrNO. The van der Waals surface area contributed by atoms with Gasteiger partial charge >= 0.3 is 0 Å². The third-order valence-electron chi connectivity index (χ3n) is 3.07. The Balaban J connectivity index is 2.20. The monoisotopic (exact) mass is 347 g/mol. The Morgan fingerprint density at radius 3 is 2.33 bits per heavy atom. The van der Waals surface area contributed by atoms with E-state index in [2.05, 4.69) is 61.1 Å². The average Bonchev–Trinajstić information content (AvgIpc) is 2.40. The molecule has 21 heavy (non-hydrogen) atoms. The summed E-state index contributed by atoms with van der Waals surface area (Å²) in [7, 11) is 0. The highest BCUT2D eigenvalue weighted by Gasteiger charge is 2.11. The molecule has 1 N–H and O–H groups in total. The van der Waals surface area contributed by atoms with E-state index in [9.17, 15) is 0 Å². The van der Waals surface area contributed by atoms with Gasteiger partial charge in [0.25, 0.3) is 0 Å². The lowest BCUT2D eigenvalue weighted by molar-refractivity contribution is 0.414. The number of ether oxygens (including phenoxy) is 1. The summed E-state index contributed by atoms with van der Waals surface area (Å²) in [6.07, 6.45) is 0. The molecule has 0 aliphatic heterocycles. The highest BCUT2D eigenvalue weighted by molar-refractivity contribution is 9.10. The van der Waals surface area contributed by atoms with Crippen molar-refractivity contribution in [3.8, 4) is 11.5 Å². The summed E-state index contributed by atoms with van der Waals surface area (Å²) in [6, 6.07) is 14.2. The second kappa shape index (κ2) is 6.63. The van der Waals surface area contributed by atoms with Crippen LogP contribution in [0.4, 0.5) is 0 Å². The number of rotatable bonds is 4. The van der Waals surface area contributed by atoms with Gasteiger partial charge in [-0.2, -0.15) is 0 Å². The molecule has 0 aliphatic carbocycles. The van der Waals surface area contributed by atoms with E-state index in [1.807, 2.05) is 30.3 Å². The van der Waals surface area contributed by atoms with Crippen LogP contribution in [-0.2, 0) is 6.54 Å². The Morgan fingerprint density at radius 1 is 1.05 bits per heavy atom. The molecule has 0 atom stereocenters. The van der Waals surface area contributed by atoms with Gasteiger partial charge in [-0.05, 0) is 58.0 Å². The summed E-state index contributed by atoms with van der Waals surface area (Å²) in [5.74, 6) is 1.75. The number of hydrogen-bond donors (Lipinski definition) is 1. The maximum Gasteiger partial charge on any atom is 0.131 e. The van der Waals surface area contributed by atoms with E-state index >= 15 is 0 Å². The van der Waals surface area contributed by atoms with Crippen LogP contribution >= 0.6 is 15.9 Å². The molecule has 112 valence electrons. The van der Waals surface area contributed by atoms with E-state index in [1.165, 1.54) is 11.1 Å². The molecule has 2 rings (SSSR count). The fourth-order valence-corrected chi connectivity index (χ4v) is 2.20. The highest BCUT2D eigenvalue weighted by atomic mass is 79.9. The maximum absolute atomic E-state index is 6.02. The van der Waals surface area contributed by atoms with Crippen molar-refractivity contribution in [1.29, 1.82) is 0 Å². The molecule has 0 amide bonds. The van der Waals surface area contributed by atoms with Crippen LogP contribution < -0.4 is 10.1 Å². The number of hydrogen-bond acceptors (Lipinski definition) is 2. The van der Waals surface area contributed by atoms with Gasteiger partial charge in [0.05, 0.1) is 0 Å². The van der Waals surface area contributed by atoms with Gasteiger partial charge < -0.3 is 10.1 Å². The first-order valence-electron chi connectivity index (χ1n) is 7.11. The van der Waals surface area contributed by atoms with E-state index in [1.54, 1.807) is 0 Å². The molecule has 0 radical (unpaired) electrons. The van der Waals surface area contributed by atoms with Crippen molar-refractivity contribution in [2.45, 2.75) is 39.8 Å². The summed E-state index contributed by atoms with van der Waals surface area (Å²) in [6.45, 7) is 9.38. The third kappa shape index (κ3) is 5.18. The molecule has 2 aromatic carbocycles. The Labute approximate surface area is 135 Å². The predicted molar refractivity (Wildman–Crippen MR) is 92.0 cm³/mol. The maximum atomic E-state index is 6.02. The number of aryl methyl sites for hydroxylation is 1. The van der Waals surface area contributed by atoms with Gasteiger partial charge in [0.1, 0.15) is 11.5 Å².